The molecule has 1 amide bonds. The van der Waals surface area contributed by atoms with E-state index >= 15 is 0 Å². The molecule has 0 saturated carbocycles. The number of carbonyl (C=O) groups excluding carboxylic acids is 2. The van der Waals surface area contributed by atoms with Crippen LogP contribution in [0.15, 0.2) is 24.3 Å². The SMILES string of the molecule is CC(=O)c1c(C)[nH]c(C(=O)NCCNc2nc3ccccc3s2)c1C. The number of aromatic amines is 1. The summed E-state index contributed by atoms with van der Waals surface area (Å²) in [6.45, 7) is 6.13. The molecule has 0 unspecified atom stereocenters. The molecule has 7 heteroatoms. The van der Waals surface area contributed by atoms with Crippen molar-refractivity contribution in [2.75, 3.05) is 18.4 Å². The molecule has 0 bridgehead atoms. The van der Waals surface area contributed by atoms with E-state index in [1.807, 2.05) is 24.3 Å². The first-order chi connectivity index (χ1) is 12.0. The second kappa shape index (κ2) is 7.06. The predicted octanol–water partition coefficient (Wildman–Crippen LogP) is 3.29. The average Bonchev–Trinajstić information content (AvgIpc) is 3.11. The number of anilines is 1. The first kappa shape index (κ1) is 17.2. The van der Waals surface area contributed by atoms with Gasteiger partial charge in [-0.1, -0.05) is 23.5 Å². The summed E-state index contributed by atoms with van der Waals surface area (Å²) in [5, 5.41) is 6.91. The van der Waals surface area contributed by atoms with E-state index < -0.39 is 0 Å². The molecule has 1 aromatic carbocycles. The van der Waals surface area contributed by atoms with Crippen molar-refractivity contribution in [3.05, 3.63) is 46.8 Å². The van der Waals surface area contributed by atoms with Crippen LogP contribution in [-0.4, -0.2) is 34.7 Å². The van der Waals surface area contributed by atoms with Crippen LogP contribution >= 0.6 is 11.3 Å². The van der Waals surface area contributed by atoms with Gasteiger partial charge in [0.05, 0.1) is 10.2 Å². The lowest BCUT2D eigenvalue weighted by Crippen LogP contribution is -2.29. The number of aromatic nitrogens is 2. The van der Waals surface area contributed by atoms with Crippen LogP contribution in [0.5, 0.6) is 0 Å². The van der Waals surface area contributed by atoms with E-state index in [2.05, 4.69) is 20.6 Å². The van der Waals surface area contributed by atoms with Gasteiger partial charge in [-0.25, -0.2) is 4.98 Å². The molecule has 0 fully saturated rings. The van der Waals surface area contributed by atoms with Crippen LogP contribution in [0, 0.1) is 13.8 Å². The molecule has 130 valence electrons. The van der Waals surface area contributed by atoms with E-state index in [1.54, 1.807) is 25.2 Å². The van der Waals surface area contributed by atoms with E-state index in [9.17, 15) is 9.59 Å². The Labute approximate surface area is 149 Å². The number of nitrogens with zero attached hydrogens (tertiary/aromatic N) is 1. The third kappa shape index (κ3) is 3.56. The zero-order valence-corrected chi connectivity index (χ0v) is 15.2. The lowest BCUT2D eigenvalue weighted by molar-refractivity contribution is 0.0950. The molecule has 0 atom stereocenters. The summed E-state index contributed by atoms with van der Waals surface area (Å²) >= 11 is 1.58. The highest BCUT2D eigenvalue weighted by molar-refractivity contribution is 7.22. The third-order valence-electron chi connectivity index (χ3n) is 4.00. The van der Waals surface area contributed by atoms with E-state index in [-0.39, 0.29) is 11.7 Å². The number of aryl methyl sites for hydroxylation is 1. The van der Waals surface area contributed by atoms with Crippen molar-refractivity contribution in [3.8, 4) is 0 Å². The normalized spacial score (nSPS) is 10.8. The summed E-state index contributed by atoms with van der Waals surface area (Å²) < 4.78 is 1.13. The van der Waals surface area contributed by atoms with Gasteiger partial charge < -0.3 is 15.6 Å². The maximum absolute atomic E-state index is 12.3. The van der Waals surface area contributed by atoms with E-state index in [0.29, 0.717) is 29.9 Å². The number of hydrogen-bond donors (Lipinski definition) is 3. The lowest BCUT2D eigenvalue weighted by atomic mass is 10.1. The molecule has 0 saturated heterocycles. The van der Waals surface area contributed by atoms with Crippen LogP contribution in [0.25, 0.3) is 10.2 Å². The van der Waals surface area contributed by atoms with Gasteiger partial charge in [0, 0.05) is 24.3 Å². The van der Waals surface area contributed by atoms with Crippen molar-refractivity contribution in [2.45, 2.75) is 20.8 Å². The summed E-state index contributed by atoms with van der Waals surface area (Å²) in [6, 6.07) is 7.95. The van der Waals surface area contributed by atoms with Crippen LogP contribution in [0.4, 0.5) is 5.13 Å². The predicted molar refractivity (Wildman–Crippen MR) is 101 cm³/mol. The van der Waals surface area contributed by atoms with E-state index in [1.165, 1.54) is 6.92 Å². The van der Waals surface area contributed by atoms with Crippen LogP contribution in [0.2, 0.25) is 0 Å². The molecular formula is C18H20N4O2S. The van der Waals surface area contributed by atoms with Crippen molar-refractivity contribution < 1.29 is 9.59 Å². The molecule has 2 aromatic heterocycles. The topological polar surface area (TPSA) is 86.9 Å². The van der Waals surface area contributed by atoms with Crippen molar-refractivity contribution in [2.24, 2.45) is 0 Å². The number of para-hydroxylation sites is 1. The Balaban J connectivity index is 1.56. The molecule has 3 N–H and O–H groups in total. The summed E-state index contributed by atoms with van der Waals surface area (Å²) in [7, 11) is 0. The second-order valence-electron chi connectivity index (χ2n) is 5.85. The van der Waals surface area contributed by atoms with Gasteiger partial charge in [0.2, 0.25) is 0 Å². The number of carbonyl (C=O) groups is 2. The van der Waals surface area contributed by atoms with Crippen molar-refractivity contribution in [1.82, 2.24) is 15.3 Å². The van der Waals surface area contributed by atoms with Gasteiger partial charge >= 0.3 is 0 Å². The van der Waals surface area contributed by atoms with Crippen LogP contribution in [0.1, 0.15) is 39.0 Å². The molecule has 0 aliphatic rings. The highest BCUT2D eigenvalue weighted by atomic mass is 32.1. The number of H-pyrrole nitrogens is 1. The maximum Gasteiger partial charge on any atom is 0.268 e. The fourth-order valence-electron chi connectivity index (χ4n) is 2.89. The standard InChI is InChI=1S/C18H20N4O2S/c1-10-15(12(3)23)11(2)21-16(10)17(24)19-8-9-20-18-22-13-6-4-5-7-14(13)25-18/h4-7,21H,8-9H2,1-3H3,(H,19,24)(H,20,22). The Morgan fingerprint density at radius 1 is 1.20 bits per heavy atom. The van der Waals surface area contributed by atoms with Crippen molar-refractivity contribution in [3.63, 3.8) is 0 Å². The fourth-order valence-corrected chi connectivity index (χ4v) is 3.78. The average molecular weight is 356 g/mol. The Kier molecular flexibility index (Phi) is 4.85. The maximum atomic E-state index is 12.3. The second-order valence-corrected chi connectivity index (χ2v) is 6.88. The number of Topliss-reactive ketones (excluding diaryl/α,β-unsaturated/α-hetero) is 1. The summed E-state index contributed by atoms with van der Waals surface area (Å²) in [5.41, 5.74) is 3.43. The lowest BCUT2D eigenvalue weighted by Gasteiger charge is -2.05. The highest BCUT2D eigenvalue weighted by Gasteiger charge is 2.19. The minimum atomic E-state index is -0.209. The van der Waals surface area contributed by atoms with Crippen LogP contribution in [-0.2, 0) is 0 Å². The summed E-state index contributed by atoms with van der Waals surface area (Å²) in [6.07, 6.45) is 0. The number of nitrogens with one attached hydrogen (secondary N) is 3. The van der Waals surface area contributed by atoms with Gasteiger partial charge in [0.25, 0.3) is 5.91 Å². The number of thiazole rings is 1. The van der Waals surface area contributed by atoms with Gasteiger partial charge in [-0.3, -0.25) is 9.59 Å². The zero-order chi connectivity index (χ0) is 18.0. The molecule has 0 aliphatic heterocycles. The smallest absolute Gasteiger partial charge is 0.268 e. The van der Waals surface area contributed by atoms with E-state index in [4.69, 9.17) is 0 Å². The first-order valence-electron chi connectivity index (χ1n) is 8.05. The number of fused-ring (bicyclic) bond motifs is 1. The molecule has 0 spiro atoms. The van der Waals surface area contributed by atoms with Gasteiger partial charge in [-0.2, -0.15) is 0 Å². The third-order valence-corrected chi connectivity index (χ3v) is 4.99. The monoisotopic (exact) mass is 356 g/mol. The molecule has 2 heterocycles. The first-order valence-corrected chi connectivity index (χ1v) is 8.86. The minimum absolute atomic E-state index is 0.0391. The largest absolute Gasteiger partial charge is 0.360 e. The Hall–Kier alpha value is -2.67. The molecule has 6 nitrogen and oxygen atoms in total. The molecular weight excluding hydrogens is 336 g/mol. The zero-order valence-electron chi connectivity index (χ0n) is 14.4. The van der Waals surface area contributed by atoms with Crippen molar-refractivity contribution in [1.29, 1.82) is 0 Å². The number of amides is 1. The van der Waals surface area contributed by atoms with E-state index in [0.717, 1.165) is 21.0 Å². The Bertz CT molecular complexity index is 909. The molecule has 0 aliphatic carbocycles. The molecule has 3 aromatic rings. The van der Waals surface area contributed by atoms with Crippen molar-refractivity contribution >= 4 is 38.4 Å². The van der Waals surface area contributed by atoms with Gasteiger partial charge in [0.15, 0.2) is 10.9 Å². The molecule has 3 rings (SSSR count). The number of rotatable bonds is 6. The van der Waals surface area contributed by atoms with Crippen LogP contribution in [0.3, 0.4) is 0 Å². The minimum Gasteiger partial charge on any atom is -0.360 e. The molecule has 25 heavy (non-hydrogen) atoms. The number of hydrogen-bond acceptors (Lipinski definition) is 5. The fraction of sp³-hybridized carbons (Fsp3) is 0.278. The van der Waals surface area contributed by atoms with Gasteiger partial charge in [-0.15, -0.1) is 0 Å². The van der Waals surface area contributed by atoms with Crippen LogP contribution < -0.4 is 10.6 Å². The quantitative estimate of drug-likeness (QED) is 0.467. The molecule has 0 radical (unpaired) electrons. The summed E-state index contributed by atoms with van der Waals surface area (Å²) in [4.78, 5) is 31.5. The number of ketones is 1. The highest BCUT2D eigenvalue weighted by Crippen LogP contribution is 2.25. The Morgan fingerprint density at radius 3 is 2.64 bits per heavy atom. The van der Waals surface area contributed by atoms with Gasteiger partial charge in [0.1, 0.15) is 5.69 Å². The summed E-state index contributed by atoms with van der Waals surface area (Å²) in [5.74, 6) is -0.248. The Morgan fingerprint density at radius 2 is 1.96 bits per heavy atom. The number of benzene rings is 1. The van der Waals surface area contributed by atoms with Gasteiger partial charge in [-0.05, 0) is 38.5 Å².